The molecule has 0 unspecified atom stereocenters. The van der Waals surface area contributed by atoms with E-state index in [0.29, 0.717) is 12.1 Å². The van der Waals surface area contributed by atoms with E-state index in [2.05, 4.69) is 0 Å². The van der Waals surface area contributed by atoms with E-state index in [9.17, 15) is 9.59 Å². The second-order valence-corrected chi connectivity index (χ2v) is 8.95. The lowest BCUT2D eigenvalue weighted by atomic mass is 9.75. The van der Waals surface area contributed by atoms with E-state index in [4.69, 9.17) is 14.5 Å². The molecule has 1 aromatic carbocycles. The first kappa shape index (κ1) is 18.0. The quantitative estimate of drug-likeness (QED) is 0.591. The molecule has 0 bridgehead atoms. The van der Waals surface area contributed by atoms with Crippen molar-refractivity contribution in [2.45, 2.75) is 44.8 Å². The standard InChI is InChI=1S/C20H22N2O4S/c1-18(2)11-20(15(23)25-18)12-19(3,26-16(20)24)14-10-27-17(21-14)22(4)13-8-6-5-7-9-13/h5-10H,11-12H2,1-4H3/t19-,20+/m0/s1. The van der Waals surface area contributed by atoms with Gasteiger partial charge < -0.3 is 14.4 Å². The van der Waals surface area contributed by atoms with Crippen LogP contribution in [0.15, 0.2) is 35.7 Å². The molecule has 1 spiro atoms. The monoisotopic (exact) mass is 386 g/mol. The van der Waals surface area contributed by atoms with Crippen LogP contribution >= 0.6 is 11.3 Å². The highest BCUT2D eigenvalue weighted by atomic mass is 32.1. The van der Waals surface area contributed by atoms with Crippen molar-refractivity contribution < 1.29 is 19.1 Å². The molecule has 6 nitrogen and oxygen atoms in total. The predicted octanol–water partition coefficient (Wildman–Crippen LogP) is 3.79. The molecule has 2 aliphatic rings. The van der Waals surface area contributed by atoms with Gasteiger partial charge >= 0.3 is 11.9 Å². The summed E-state index contributed by atoms with van der Waals surface area (Å²) in [5.41, 5.74) is -1.16. The van der Waals surface area contributed by atoms with E-state index in [1.165, 1.54) is 11.3 Å². The van der Waals surface area contributed by atoms with Crippen molar-refractivity contribution in [2.24, 2.45) is 5.41 Å². The van der Waals surface area contributed by atoms with Gasteiger partial charge in [0.25, 0.3) is 0 Å². The van der Waals surface area contributed by atoms with E-state index in [1.807, 2.05) is 68.4 Å². The van der Waals surface area contributed by atoms with Gasteiger partial charge in [0.05, 0.1) is 5.69 Å². The van der Waals surface area contributed by atoms with Crippen LogP contribution in [0.25, 0.3) is 0 Å². The third kappa shape index (κ3) is 2.81. The number of aromatic nitrogens is 1. The smallest absolute Gasteiger partial charge is 0.324 e. The number of hydrogen-bond donors (Lipinski definition) is 0. The first-order valence-electron chi connectivity index (χ1n) is 8.87. The van der Waals surface area contributed by atoms with E-state index in [-0.39, 0.29) is 6.42 Å². The molecule has 0 saturated carbocycles. The number of benzene rings is 1. The van der Waals surface area contributed by atoms with Crippen molar-refractivity contribution in [1.29, 1.82) is 0 Å². The van der Waals surface area contributed by atoms with Crippen molar-refractivity contribution in [3.63, 3.8) is 0 Å². The van der Waals surface area contributed by atoms with Crippen LogP contribution in [0.1, 0.15) is 39.3 Å². The normalized spacial score (nSPS) is 29.0. The molecule has 0 aliphatic carbocycles. The van der Waals surface area contributed by atoms with Crippen LogP contribution in [-0.2, 0) is 24.7 Å². The Bertz CT molecular complexity index is 910. The minimum Gasteiger partial charge on any atom is -0.459 e. The SMILES string of the molecule is CN(c1ccccc1)c1nc([C@]2(C)C[C@@]3(CC(C)(C)OC3=O)C(=O)O2)cs1. The van der Waals surface area contributed by atoms with Gasteiger partial charge in [-0.3, -0.25) is 9.59 Å². The molecule has 27 heavy (non-hydrogen) atoms. The lowest BCUT2D eigenvalue weighted by molar-refractivity contribution is -0.161. The zero-order chi connectivity index (χ0) is 19.4. The summed E-state index contributed by atoms with van der Waals surface area (Å²) in [5.74, 6) is -0.996. The van der Waals surface area contributed by atoms with Crippen LogP contribution in [0.4, 0.5) is 10.8 Å². The molecule has 2 aromatic rings. The molecule has 4 rings (SSSR count). The van der Waals surface area contributed by atoms with Gasteiger partial charge in [-0.05, 0) is 32.9 Å². The minimum absolute atomic E-state index is 0.249. The molecular weight excluding hydrogens is 364 g/mol. The summed E-state index contributed by atoms with van der Waals surface area (Å²) in [6.45, 7) is 5.45. The van der Waals surface area contributed by atoms with Crippen LogP contribution in [-0.4, -0.2) is 29.6 Å². The number of para-hydroxylation sites is 1. The number of nitrogens with zero attached hydrogens (tertiary/aromatic N) is 2. The number of thiazole rings is 1. The van der Waals surface area contributed by atoms with Crippen LogP contribution in [0, 0.1) is 5.41 Å². The Balaban J connectivity index is 1.62. The molecule has 142 valence electrons. The Morgan fingerprint density at radius 1 is 1.04 bits per heavy atom. The van der Waals surface area contributed by atoms with Gasteiger partial charge in [-0.15, -0.1) is 11.3 Å². The van der Waals surface area contributed by atoms with Crippen LogP contribution in [0.5, 0.6) is 0 Å². The van der Waals surface area contributed by atoms with E-state index in [0.717, 1.165) is 10.8 Å². The van der Waals surface area contributed by atoms with Crippen molar-refractivity contribution in [2.75, 3.05) is 11.9 Å². The topological polar surface area (TPSA) is 68.7 Å². The molecule has 7 heteroatoms. The highest BCUT2D eigenvalue weighted by Crippen LogP contribution is 2.55. The fourth-order valence-electron chi connectivity index (χ4n) is 4.03. The van der Waals surface area contributed by atoms with Gasteiger partial charge in [0.15, 0.2) is 16.1 Å². The summed E-state index contributed by atoms with van der Waals surface area (Å²) >= 11 is 1.48. The minimum atomic E-state index is -1.23. The summed E-state index contributed by atoms with van der Waals surface area (Å²) in [5, 5.41) is 2.69. The number of esters is 2. The molecule has 0 radical (unpaired) electrons. The summed E-state index contributed by atoms with van der Waals surface area (Å²) in [7, 11) is 1.94. The Labute approximate surface area is 162 Å². The van der Waals surface area contributed by atoms with Crippen molar-refractivity contribution in [1.82, 2.24) is 4.98 Å². The van der Waals surface area contributed by atoms with Crippen molar-refractivity contribution in [3.8, 4) is 0 Å². The van der Waals surface area contributed by atoms with E-state index in [1.54, 1.807) is 0 Å². The lowest BCUT2D eigenvalue weighted by Crippen LogP contribution is -2.32. The zero-order valence-electron chi connectivity index (χ0n) is 15.8. The molecule has 2 aliphatic heterocycles. The van der Waals surface area contributed by atoms with Crippen LogP contribution < -0.4 is 4.90 Å². The fraction of sp³-hybridized carbons (Fsp3) is 0.450. The number of ether oxygens (including phenoxy) is 2. The van der Waals surface area contributed by atoms with Gasteiger partial charge in [0.1, 0.15) is 5.60 Å². The second-order valence-electron chi connectivity index (χ2n) is 8.12. The highest BCUT2D eigenvalue weighted by molar-refractivity contribution is 7.13. The number of hydrogen-bond acceptors (Lipinski definition) is 7. The third-order valence-corrected chi connectivity index (χ3v) is 6.22. The number of carbonyl (C=O) groups excluding carboxylic acids is 2. The maximum Gasteiger partial charge on any atom is 0.324 e. The average Bonchev–Trinajstić information content (AvgIpc) is 3.25. The number of cyclic esters (lactones) is 2. The Hall–Kier alpha value is -2.41. The largest absolute Gasteiger partial charge is 0.459 e. The third-order valence-electron chi connectivity index (χ3n) is 5.30. The Kier molecular flexibility index (Phi) is 3.86. The van der Waals surface area contributed by atoms with Crippen molar-refractivity contribution >= 4 is 34.1 Å². The summed E-state index contributed by atoms with van der Waals surface area (Å²) in [6.07, 6.45) is 0.577. The molecule has 3 heterocycles. The molecule has 0 amide bonds. The number of carbonyl (C=O) groups is 2. The predicted molar refractivity (Wildman–Crippen MR) is 102 cm³/mol. The molecule has 0 N–H and O–H groups in total. The maximum atomic E-state index is 12.7. The molecule has 1 aromatic heterocycles. The number of anilines is 2. The fourth-order valence-corrected chi connectivity index (χ4v) is 4.96. The Morgan fingerprint density at radius 2 is 1.70 bits per heavy atom. The van der Waals surface area contributed by atoms with Gasteiger partial charge in [-0.1, -0.05) is 18.2 Å². The number of rotatable bonds is 3. The summed E-state index contributed by atoms with van der Waals surface area (Å²) < 4.78 is 11.1. The maximum absolute atomic E-state index is 12.7. The lowest BCUT2D eigenvalue weighted by Gasteiger charge is -2.21. The summed E-state index contributed by atoms with van der Waals surface area (Å²) in [4.78, 5) is 31.9. The molecular formula is C20H22N2O4S. The van der Waals surface area contributed by atoms with Gasteiger partial charge in [-0.25, -0.2) is 4.98 Å². The highest BCUT2D eigenvalue weighted by Gasteiger charge is 2.67. The van der Waals surface area contributed by atoms with Gasteiger partial charge in [0, 0.05) is 31.0 Å². The first-order chi connectivity index (χ1) is 12.7. The van der Waals surface area contributed by atoms with E-state index >= 15 is 0 Å². The Morgan fingerprint density at radius 3 is 2.33 bits per heavy atom. The van der Waals surface area contributed by atoms with Gasteiger partial charge in [-0.2, -0.15) is 0 Å². The zero-order valence-corrected chi connectivity index (χ0v) is 16.6. The van der Waals surface area contributed by atoms with Crippen molar-refractivity contribution in [3.05, 3.63) is 41.4 Å². The molecule has 2 saturated heterocycles. The molecule has 2 fully saturated rings. The van der Waals surface area contributed by atoms with Gasteiger partial charge in [0.2, 0.25) is 0 Å². The summed E-state index contributed by atoms with van der Waals surface area (Å²) in [6, 6.07) is 9.91. The van der Waals surface area contributed by atoms with Crippen LogP contribution in [0.3, 0.4) is 0 Å². The van der Waals surface area contributed by atoms with Crippen LogP contribution in [0.2, 0.25) is 0 Å². The average molecular weight is 386 g/mol. The molecule has 2 atom stereocenters. The first-order valence-corrected chi connectivity index (χ1v) is 9.75. The van der Waals surface area contributed by atoms with E-state index < -0.39 is 28.6 Å². The second kappa shape index (κ2) is 5.79.